The highest BCUT2D eigenvalue weighted by atomic mass is 35.5. The molecule has 2 aromatic rings. The molecule has 0 atom stereocenters. The van der Waals surface area contributed by atoms with Crippen molar-refractivity contribution in [3.63, 3.8) is 0 Å². The lowest BCUT2D eigenvalue weighted by atomic mass is 9.85. The first-order valence-electron chi connectivity index (χ1n) is 8.95. The van der Waals surface area contributed by atoms with Crippen LogP contribution in [0.4, 0.5) is 0 Å². The van der Waals surface area contributed by atoms with Gasteiger partial charge in [0, 0.05) is 18.8 Å². The first kappa shape index (κ1) is 19.4. The molecule has 1 heterocycles. The third kappa shape index (κ3) is 4.87. The molecule has 144 valence electrons. The van der Waals surface area contributed by atoms with Gasteiger partial charge in [0.1, 0.15) is 0 Å². The molecule has 1 amide bonds. The minimum atomic E-state index is -0.860. The second kappa shape index (κ2) is 8.10. The summed E-state index contributed by atoms with van der Waals surface area (Å²) in [6.07, 6.45) is 5.77. The van der Waals surface area contributed by atoms with Gasteiger partial charge in [0.15, 0.2) is 0 Å². The summed E-state index contributed by atoms with van der Waals surface area (Å²) >= 11 is 6.16. The number of hydrogen-bond acceptors (Lipinski definition) is 4. The van der Waals surface area contributed by atoms with Crippen molar-refractivity contribution < 1.29 is 9.90 Å². The monoisotopic (exact) mass is 391 g/mol. The van der Waals surface area contributed by atoms with Crippen LogP contribution < -0.4 is 16.6 Å². The van der Waals surface area contributed by atoms with Crippen molar-refractivity contribution in [1.82, 2.24) is 14.9 Å². The van der Waals surface area contributed by atoms with Crippen LogP contribution in [-0.2, 0) is 6.54 Å². The molecule has 7 nitrogen and oxygen atoms in total. The molecule has 1 aliphatic carbocycles. The first-order chi connectivity index (χ1) is 12.9. The van der Waals surface area contributed by atoms with Crippen molar-refractivity contribution in [2.75, 3.05) is 6.54 Å². The number of aromatic nitrogens is 2. The predicted molar refractivity (Wildman–Crippen MR) is 102 cm³/mol. The van der Waals surface area contributed by atoms with Crippen LogP contribution >= 0.6 is 11.6 Å². The van der Waals surface area contributed by atoms with E-state index in [0.717, 1.165) is 19.3 Å². The fraction of sp³-hybridized carbons (Fsp3) is 0.421. The van der Waals surface area contributed by atoms with Crippen LogP contribution in [0.2, 0.25) is 5.02 Å². The Morgan fingerprint density at radius 2 is 1.96 bits per heavy atom. The number of H-pyrrole nitrogens is 1. The van der Waals surface area contributed by atoms with Gasteiger partial charge in [0.25, 0.3) is 11.5 Å². The Bertz CT molecular complexity index is 944. The van der Waals surface area contributed by atoms with Crippen molar-refractivity contribution in [2.24, 2.45) is 0 Å². The lowest BCUT2D eigenvalue weighted by Crippen LogP contribution is -2.44. The molecule has 0 saturated heterocycles. The first-order valence-corrected chi connectivity index (χ1v) is 9.33. The number of hydrogen-bond donors (Lipinski definition) is 3. The van der Waals surface area contributed by atoms with Crippen LogP contribution in [0.15, 0.2) is 40.1 Å². The maximum absolute atomic E-state index is 12.5. The molecule has 27 heavy (non-hydrogen) atoms. The molecule has 1 saturated carbocycles. The summed E-state index contributed by atoms with van der Waals surface area (Å²) < 4.78 is 1.33. The maximum Gasteiger partial charge on any atom is 0.328 e. The zero-order chi connectivity index (χ0) is 19.4. The molecule has 8 heteroatoms. The van der Waals surface area contributed by atoms with E-state index in [1.54, 1.807) is 18.2 Å². The second-order valence-corrected chi connectivity index (χ2v) is 7.43. The number of amides is 1. The van der Waals surface area contributed by atoms with E-state index in [9.17, 15) is 19.5 Å². The molecule has 1 aromatic heterocycles. The van der Waals surface area contributed by atoms with Gasteiger partial charge in [-0.2, -0.15) is 0 Å². The van der Waals surface area contributed by atoms with Crippen molar-refractivity contribution in [1.29, 1.82) is 0 Å². The maximum atomic E-state index is 12.5. The van der Waals surface area contributed by atoms with Crippen LogP contribution in [0.3, 0.4) is 0 Å². The number of nitrogens with one attached hydrogen (secondary N) is 2. The number of aromatic amines is 1. The Morgan fingerprint density at radius 3 is 2.67 bits per heavy atom. The fourth-order valence-electron chi connectivity index (χ4n) is 3.34. The average molecular weight is 392 g/mol. The molecule has 0 bridgehead atoms. The van der Waals surface area contributed by atoms with Gasteiger partial charge in [0.05, 0.1) is 22.7 Å². The highest BCUT2D eigenvalue weighted by Crippen LogP contribution is 2.27. The molecular formula is C19H22ClN3O4. The number of benzene rings is 1. The molecule has 0 unspecified atom stereocenters. The summed E-state index contributed by atoms with van der Waals surface area (Å²) in [5.41, 5.74) is -0.876. The van der Waals surface area contributed by atoms with Crippen molar-refractivity contribution >= 4 is 17.5 Å². The Kier molecular flexibility index (Phi) is 5.82. The van der Waals surface area contributed by atoms with Crippen molar-refractivity contribution in [3.8, 4) is 0 Å². The number of rotatable bonds is 5. The highest BCUT2D eigenvalue weighted by Gasteiger charge is 2.29. The minimum Gasteiger partial charge on any atom is -0.388 e. The lowest BCUT2D eigenvalue weighted by molar-refractivity contribution is 0.00526. The summed E-state index contributed by atoms with van der Waals surface area (Å²) in [5, 5.41) is 13.6. The SMILES string of the molecule is O=C(NCC1(O)CCCCC1)c1cc(Cn2ccc(=O)[nH]c2=O)ccc1Cl. The molecule has 0 spiro atoms. The Labute approximate surface area is 161 Å². The molecule has 1 aromatic carbocycles. The van der Waals surface area contributed by atoms with E-state index >= 15 is 0 Å². The average Bonchev–Trinajstić information content (AvgIpc) is 2.64. The largest absolute Gasteiger partial charge is 0.388 e. The van der Waals surface area contributed by atoms with E-state index < -0.39 is 16.9 Å². The molecule has 1 aliphatic rings. The number of nitrogens with zero attached hydrogens (tertiary/aromatic N) is 1. The van der Waals surface area contributed by atoms with E-state index in [2.05, 4.69) is 10.3 Å². The van der Waals surface area contributed by atoms with Gasteiger partial charge in [0.2, 0.25) is 0 Å². The highest BCUT2D eigenvalue weighted by molar-refractivity contribution is 6.33. The van der Waals surface area contributed by atoms with E-state index in [-0.39, 0.29) is 24.6 Å². The quantitative estimate of drug-likeness (QED) is 0.721. The van der Waals surface area contributed by atoms with Gasteiger partial charge in [-0.1, -0.05) is 36.9 Å². The minimum absolute atomic E-state index is 0.186. The molecule has 0 radical (unpaired) electrons. The summed E-state index contributed by atoms with van der Waals surface area (Å²) in [4.78, 5) is 37.7. The Hall–Kier alpha value is -2.38. The standard InChI is InChI=1S/C19H22ClN3O4/c20-15-5-4-13(11-23-9-6-16(24)22-18(23)26)10-14(15)17(25)21-12-19(27)7-2-1-3-8-19/h4-6,9-10,27H,1-3,7-8,11-12H2,(H,21,25)(H,22,24,26). The Balaban J connectivity index is 1.73. The van der Waals surface area contributed by atoms with Gasteiger partial charge >= 0.3 is 5.69 Å². The molecule has 3 rings (SSSR count). The lowest BCUT2D eigenvalue weighted by Gasteiger charge is -2.32. The molecule has 1 fully saturated rings. The number of halogens is 1. The van der Waals surface area contributed by atoms with Crippen LogP contribution in [0.25, 0.3) is 0 Å². The third-order valence-corrected chi connectivity index (χ3v) is 5.22. The van der Waals surface area contributed by atoms with Crippen LogP contribution in [0.1, 0.15) is 48.0 Å². The van der Waals surface area contributed by atoms with Gasteiger partial charge < -0.3 is 10.4 Å². The van der Waals surface area contributed by atoms with Gasteiger partial charge in [-0.3, -0.25) is 19.1 Å². The third-order valence-electron chi connectivity index (χ3n) is 4.89. The number of carbonyl (C=O) groups excluding carboxylic acids is 1. The van der Waals surface area contributed by atoms with Crippen LogP contribution in [-0.4, -0.2) is 32.7 Å². The summed E-state index contributed by atoms with van der Waals surface area (Å²) in [7, 11) is 0. The van der Waals surface area contributed by atoms with Gasteiger partial charge in [-0.05, 0) is 30.5 Å². The Morgan fingerprint density at radius 1 is 1.22 bits per heavy atom. The van der Waals surface area contributed by atoms with E-state index in [0.29, 0.717) is 23.4 Å². The molecule has 0 aliphatic heterocycles. The molecular weight excluding hydrogens is 370 g/mol. The van der Waals surface area contributed by atoms with Crippen LogP contribution in [0, 0.1) is 0 Å². The fourth-order valence-corrected chi connectivity index (χ4v) is 3.54. The van der Waals surface area contributed by atoms with Crippen molar-refractivity contribution in [3.05, 3.63) is 67.4 Å². The van der Waals surface area contributed by atoms with Gasteiger partial charge in [-0.15, -0.1) is 0 Å². The van der Waals surface area contributed by atoms with Crippen molar-refractivity contribution in [2.45, 2.75) is 44.2 Å². The van der Waals surface area contributed by atoms with Gasteiger partial charge in [-0.25, -0.2) is 4.79 Å². The molecule has 3 N–H and O–H groups in total. The smallest absolute Gasteiger partial charge is 0.328 e. The predicted octanol–water partition coefficient (Wildman–Crippen LogP) is 1.66. The summed E-state index contributed by atoms with van der Waals surface area (Å²) in [5.74, 6) is -0.366. The number of carbonyl (C=O) groups is 1. The van der Waals surface area contributed by atoms with E-state index in [1.165, 1.54) is 16.8 Å². The van der Waals surface area contributed by atoms with E-state index in [1.807, 2.05) is 0 Å². The zero-order valence-corrected chi connectivity index (χ0v) is 15.6. The zero-order valence-electron chi connectivity index (χ0n) is 14.8. The van der Waals surface area contributed by atoms with Crippen LogP contribution in [0.5, 0.6) is 0 Å². The summed E-state index contributed by atoms with van der Waals surface area (Å²) in [6.45, 7) is 0.378. The van der Waals surface area contributed by atoms with E-state index in [4.69, 9.17) is 11.6 Å². The number of aliphatic hydroxyl groups is 1. The topological polar surface area (TPSA) is 104 Å². The second-order valence-electron chi connectivity index (χ2n) is 7.02. The normalized spacial score (nSPS) is 16.1. The summed E-state index contributed by atoms with van der Waals surface area (Å²) in [6, 6.07) is 6.18.